The second-order valence-corrected chi connectivity index (χ2v) is 7.02. The molecule has 2 rings (SSSR count). The van der Waals surface area contributed by atoms with Crippen LogP contribution >= 0.6 is 15.9 Å². The standard InChI is InChI=1S/C20H23BrN2O3/c1-13(2)17-7-5-14(3)9-19(17)26-12-20(24)23-22-11-15-10-16(25-4)6-8-18(15)21/h5-11,13H,12H2,1-4H3,(H,23,24)/b22-11-. The molecule has 2 aromatic carbocycles. The van der Waals surface area contributed by atoms with Crippen LogP contribution in [-0.2, 0) is 4.79 Å². The summed E-state index contributed by atoms with van der Waals surface area (Å²) in [5, 5.41) is 3.98. The fourth-order valence-corrected chi connectivity index (χ4v) is 2.69. The van der Waals surface area contributed by atoms with Crippen molar-refractivity contribution in [3.63, 3.8) is 0 Å². The number of halogens is 1. The molecule has 5 nitrogen and oxygen atoms in total. The van der Waals surface area contributed by atoms with Crippen LogP contribution in [0.1, 0.15) is 36.5 Å². The van der Waals surface area contributed by atoms with Crippen molar-refractivity contribution < 1.29 is 14.3 Å². The van der Waals surface area contributed by atoms with E-state index in [-0.39, 0.29) is 12.5 Å². The largest absolute Gasteiger partial charge is 0.497 e. The summed E-state index contributed by atoms with van der Waals surface area (Å²) >= 11 is 3.43. The van der Waals surface area contributed by atoms with Crippen LogP contribution in [0.3, 0.4) is 0 Å². The Morgan fingerprint density at radius 2 is 2.04 bits per heavy atom. The Morgan fingerprint density at radius 1 is 1.27 bits per heavy atom. The van der Waals surface area contributed by atoms with Crippen LogP contribution in [0.15, 0.2) is 46.0 Å². The van der Waals surface area contributed by atoms with Gasteiger partial charge in [0, 0.05) is 10.0 Å². The van der Waals surface area contributed by atoms with E-state index in [4.69, 9.17) is 9.47 Å². The van der Waals surface area contributed by atoms with Crippen molar-refractivity contribution in [3.8, 4) is 11.5 Å². The zero-order valence-corrected chi connectivity index (χ0v) is 17.0. The molecule has 0 aliphatic heterocycles. The van der Waals surface area contributed by atoms with E-state index in [1.807, 2.05) is 43.3 Å². The summed E-state index contributed by atoms with van der Waals surface area (Å²) in [5.41, 5.74) is 5.44. The van der Waals surface area contributed by atoms with Crippen molar-refractivity contribution in [2.75, 3.05) is 13.7 Å². The maximum Gasteiger partial charge on any atom is 0.277 e. The van der Waals surface area contributed by atoms with E-state index in [1.165, 1.54) is 0 Å². The maximum atomic E-state index is 12.0. The predicted molar refractivity (Wildman–Crippen MR) is 107 cm³/mol. The number of methoxy groups -OCH3 is 1. The van der Waals surface area contributed by atoms with Crippen LogP contribution in [0, 0.1) is 6.92 Å². The molecular formula is C20H23BrN2O3. The van der Waals surface area contributed by atoms with Gasteiger partial charge in [-0.1, -0.05) is 41.9 Å². The molecule has 0 fully saturated rings. The molecule has 0 heterocycles. The van der Waals surface area contributed by atoms with Crippen molar-refractivity contribution in [3.05, 3.63) is 57.6 Å². The zero-order valence-electron chi connectivity index (χ0n) is 15.4. The topological polar surface area (TPSA) is 59.9 Å². The Balaban J connectivity index is 1.95. The molecule has 26 heavy (non-hydrogen) atoms. The number of hydrogen-bond donors (Lipinski definition) is 1. The molecule has 0 radical (unpaired) electrons. The number of carbonyl (C=O) groups excluding carboxylic acids is 1. The number of benzene rings is 2. The smallest absolute Gasteiger partial charge is 0.277 e. The van der Waals surface area contributed by atoms with Gasteiger partial charge in [0.25, 0.3) is 5.91 Å². The van der Waals surface area contributed by atoms with E-state index >= 15 is 0 Å². The van der Waals surface area contributed by atoms with E-state index in [9.17, 15) is 4.79 Å². The summed E-state index contributed by atoms with van der Waals surface area (Å²) in [4.78, 5) is 12.0. The van der Waals surface area contributed by atoms with Gasteiger partial charge in [-0.15, -0.1) is 0 Å². The Morgan fingerprint density at radius 3 is 2.73 bits per heavy atom. The molecule has 0 aliphatic rings. The molecule has 0 aromatic heterocycles. The molecule has 1 N–H and O–H groups in total. The van der Waals surface area contributed by atoms with E-state index in [0.717, 1.165) is 26.9 Å². The van der Waals surface area contributed by atoms with Gasteiger partial charge in [-0.25, -0.2) is 5.43 Å². The monoisotopic (exact) mass is 418 g/mol. The number of aryl methyl sites for hydroxylation is 1. The van der Waals surface area contributed by atoms with Crippen molar-refractivity contribution >= 4 is 28.1 Å². The molecule has 0 saturated carbocycles. The highest BCUT2D eigenvalue weighted by atomic mass is 79.9. The molecule has 2 aromatic rings. The Labute approximate surface area is 162 Å². The summed E-state index contributed by atoms with van der Waals surface area (Å²) in [6.45, 7) is 6.08. The lowest BCUT2D eigenvalue weighted by atomic mass is 10.0. The first-order valence-electron chi connectivity index (χ1n) is 8.29. The first-order chi connectivity index (χ1) is 12.4. The fourth-order valence-electron chi connectivity index (χ4n) is 2.34. The molecule has 0 spiro atoms. The molecule has 0 bridgehead atoms. The minimum absolute atomic E-state index is 0.0974. The average Bonchev–Trinajstić information content (AvgIpc) is 2.61. The van der Waals surface area contributed by atoms with Gasteiger partial charge in [0.05, 0.1) is 13.3 Å². The number of amides is 1. The van der Waals surface area contributed by atoms with Gasteiger partial charge in [0.2, 0.25) is 0 Å². The van der Waals surface area contributed by atoms with Crippen LogP contribution in [0.2, 0.25) is 0 Å². The zero-order chi connectivity index (χ0) is 19.1. The molecule has 0 aliphatic carbocycles. The van der Waals surface area contributed by atoms with Crippen molar-refractivity contribution in [1.29, 1.82) is 0 Å². The minimum atomic E-state index is -0.323. The molecule has 0 atom stereocenters. The number of nitrogens with zero attached hydrogens (tertiary/aromatic N) is 1. The Kier molecular flexibility index (Phi) is 7.21. The van der Waals surface area contributed by atoms with Gasteiger partial charge >= 0.3 is 0 Å². The number of hydrogen-bond acceptors (Lipinski definition) is 4. The lowest BCUT2D eigenvalue weighted by molar-refractivity contribution is -0.123. The van der Waals surface area contributed by atoms with Crippen LogP contribution in [0.5, 0.6) is 11.5 Å². The Bertz CT molecular complexity index is 804. The average molecular weight is 419 g/mol. The highest BCUT2D eigenvalue weighted by Crippen LogP contribution is 2.27. The summed E-state index contributed by atoms with van der Waals surface area (Å²) in [6.07, 6.45) is 1.55. The van der Waals surface area contributed by atoms with Gasteiger partial charge in [0.1, 0.15) is 11.5 Å². The second kappa shape index (κ2) is 9.38. The summed E-state index contributed by atoms with van der Waals surface area (Å²) in [7, 11) is 1.60. The second-order valence-electron chi connectivity index (χ2n) is 6.17. The number of rotatable bonds is 7. The van der Waals surface area contributed by atoms with Crippen molar-refractivity contribution in [2.24, 2.45) is 5.10 Å². The Hall–Kier alpha value is -2.34. The van der Waals surface area contributed by atoms with Crippen LogP contribution in [0.4, 0.5) is 0 Å². The molecule has 138 valence electrons. The van der Waals surface area contributed by atoms with Crippen LogP contribution in [-0.4, -0.2) is 25.8 Å². The predicted octanol–water partition coefficient (Wildman–Crippen LogP) is 4.42. The number of ether oxygens (including phenoxy) is 2. The SMILES string of the molecule is COc1ccc(Br)c(/C=N\NC(=O)COc2cc(C)ccc2C(C)C)c1. The maximum absolute atomic E-state index is 12.0. The van der Waals surface area contributed by atoms with Crippen molar-refractivity contribution in [2.45, 2.75) is 26.7 Å². The van der Waals surface area contributed by atoms with E-state index in [1.54, 1.807) is 13.3 Å². The van der Waals surface area contributed by atoms with Gasteiger partial charge in [-0.05, 0) is 48.2 Å². The summed E-state index contributed by atoms with van der Waals surface area (Å²) < 4.78 is 11.7. The van der Waals surface area contributed by atoms with E-state index in [2.05, 4.69) is 40.3 Å². The highest BCUT2D eigenvalue weighted by Gasteiger charge is 2.10. The van der Waals surface area contributed by atoms with Crippen LogP contribution < -0.4 is 14.9 Å². The first kappa shape index (κ1) is 20.0. The van der Waals surface area contributed by atoms with Crippen LogP contribution in [0.25, 0.3) is 0 Å². The highest BCUT2D eigenvalue weighted by molar-refractivity contribution is 9.10. The molecular weight excluding hydrogens is 396 g/mol. The minimum Gasteiger partial charge on any atom is -0.497 e. The third kappa shape index (κ3) is 5.59. The number of nitrogens with one attached hydrogen (secondary N) is 1. The van der Waals surface area contributed by atoms with E-state index < -0.39 is 0 Å². The van der Waals surface area contributed by atoms with E-state index in [0.29, 0.717) is 11.7 Å². The third-order valence-corrected chi connectivity index (χ3v) is 4.47. The van der Waals surface area contributed by atoms with Gasteiger partial charge in [-0.3, -0.25) is 4.79 Å². The lowest BCUT2D eigenvalue weighted by Gasteiger charge is -2.14. The number of carbonyl (C=O) groups is 1. The van der Waals surface area contributed by atoms with Gasteiger partial charge < -0.3 is 9.47 Å². The van der Waals surface area contributed by atoms with Gasteiger partial charge in [-0.2, -0.15) is 5.10 Å². The lowest BCUT2D eigenvalue weighted by Crippen LogP contribution is -2.25. The molecule has 0 saturated heterocycles. The molecule has 6 heteroatoms. The van der Waals surface area contributed by atoms with Crippen molar-refractivity contribution in [1.82, 2.24) is 5.43 Å². The summed E-state index contributed by atoms with van der Waals surface area (Å²) in [6, 6.07) is 11.5. The quantitative estimate of drug-likeness (QED) is 0.534. The number of hydrazone groups is 1. The fraction of sp³-hybridized carbons (Fsp3) is 0.300. The molecule has 1 amide bonds. The van der Waals surface area contributed by atoms with Gasteiger partial charge in [0.15, 0.2) is 6.61 Å². The third-order valence-electron chi connectivity index (χ3n) is 3.75. The summed E-state index contributed by atoms with van der Waals surface area (Å²) in [5.74, 6) is 1.44. The first-order valence-corrected chi connectivity index (χ1v) is 9.08. The molecule has 0 unspecified atom stereocenters. The normalized spacial score (nSPS) is 11.0.